The lowest BCUT2D eigenvalue weighted by atomic mass is 9.90. The number of benzene rings is 2. The number of amides is 2. The lowest BCUT2D eigenvalue weighted by Gasteiger charge is -2.37. The number of nitrogens with one attached hydrogen (secondary N) is 2. The van der Waals surface area contributed by atoms with Crippen LogP contribution in [0.1, 0.15) is 36.8 Å². The van der Waals surface area contributed by atoms with E-state index in [0.29, 0.717) is 12.1 Å². The monoisotopic (exact) mass is 510 g/mol. The molecule has 0 atom stereocenters. The van der Waals surface area contributed by atoms with Crippen molar-refractivity contribution in [1.82, 2.24) is 10.3 Å². The maximum Gasteiger partial charge on any atom is 0.322 e. The molecule has 8 heteroatoms. The fourth-order valence-electron chi connectivity index (χ4n) is 5.23. The van der Waals surface area contributed by atoms with Crippen molar-refractivity contribution >= 4 is 23.2 Å². The molecule has 1 saturated heterocycles. The van der Waals surface area contributed by atoms with Gasteiger partial charge in [-0.15, -0.1) is 0 Å². The Balaban J connectivity index is 1.27. The van der Waals surface area contributed by atoms with Gasteiger partial charge >= 0.3 is 6.03 Å². The molecule has 3 aromatic rings. The number of nitriles is 1. The van der Waals surface area contributed by atoms with Crippen LogP contribution in [0.4, 0.5) is 22.0 Å². The Kier molecular flexibility index (Phi) is 8.36. The number of carbonyl (C=O) groups is 1. The minimum absolute atomic E-state index is 0.0712. The highest BCUT2D eigenvalue weighted by molar-refractivity contribution is 5.92. The average Bonchev–Trinajstić information content (AvgIpc) is 2.99. The highest BCUT2D eigenvalue weighted by Gasteiger charge is 2.30. The van der Waals surface area contributed by atoms with E-state index >= 15 is 0 Å². The number of anilines is 3. The molecule has 2 amide bonds. The van der Waals surface area contributed by atoms with Gasteiger partial charge in [0.2, 0.25) is 0 Å². The summed E-state index contributed by atoms with van der Waals surface area (Å²) in [5.41, 5.74) is 3.70. The van der Waals surface area contributed by atoms with Gasteiger partial charge in [-0.3, -0.25) is 4.90 Å². The number of pyridine rings is 1. The van der Waals surface area contributed by atoms with Crippen LogP contribution in [0, 0.1) is 11.3 Å². The lowest BCUT2D eigenvalue weighted by Crippen LogP contribution is -2.48. The van der Waals surface area contributed by atoms with Crippen molar-refractivity contribution in [3.05, 3.63) is 84.1 Å². The first kappa shape index (κ1) is 25.6. The van der Waals surface area contributed by atoms with Gasteiger partial charge in [-0.05, 0) is 67.6 Å². The van der Waals surface area contributed by atoms with Gasteiger partial charge < -0.3 is 20.3 Å². The minimum atomic E-state index is -0.0712. The summed E-state index contributed by atoms with van der Waals surface area (Å²) in [4.78, 5) is 22.2. The van der Waals surface area contributed by atoms with Gasteiger partial charge in [0.1, 0.15) is 11.9 Å². The van der Waals surface area contributed by atoms with Gasteiger partial charge in [0.15, 0.2) is 0 Å². The van der Waals surface area contributed by atoms with Crippen LogP contribution < -0.4 is 20.4 Å². The van der Waals surface area contributed by atoms with E-state index in [2.05, 4.69) is 50.9 Å². The van der Waals surface area contributed by atoms with Crippen LogP contribution in [-0.2, 0) is 11.3 Å². The molecule has 5 rings (SSSR count). The standard InChI is InChI=1S/C30H34N6O2/c31-20-24-6-15-29(32-22-24)34-25-7-9-27(10-8-25)36(30(37)33-21-23-4-2-1-3-5-23)28-13-11-26(12-14-28)35-16-18-38-19-17-35/h1-6,11-15,22,25,27H,7-10,16-19,21H2,(H,32,34)(H,33,37)/t25-,27-. The van der Waals surface area contributed by atoms with E-state index in [1.807, 2.05) is 41.3 Å². The Bertz CT molecular complexity index is 1210. The van der Waals surface area contributed by atoms with Crippen LogP contribution in [0.3, 0.4) is 0 Å². The molecule has 0 radical (unpaired) electrons. The third-order valence-corrected chi connectivity index (χ3v) is 7.32. The van der Waals surface area contributed by atoms with E-state index in [9.17, 15) is 4.79 Å². The Labute approximate surface area is 224 Å². The molecule has 38 heavy (non-hydrogen) atoms. The molecule has 2 heterocycles. The summed E-state index contributed by atoms with van der Waals surface area (Å²) in [6.45, 7) is 3.73. The number of aromatic nitrogens is 1. The largest absolute Gasteiger partial charge is 0.378 e. The molecule has 1 aromatic heterocycles. The van der Waals surface area contributed by atoms with Crippen LogP contribution in [0.15, 0.2) is 72.9 Å². The summed E-state index contributed by atoms with van der Waals surface area (Å²) in [6, 6.07) is 24.4. The fourth-order valence-corrected chi connectivity index (χ4v) is 5.23. The molecule has 196 valence electrons. The molecule has 2 fully saturated rings. The summed E-state index contributed by atoms with van der Waals surface area (Å²) in [6.07, 6.45) is 5.23. The molecule has 2 aliphatic rings. The van der Waals surface area contributed by atoms with Crippen molar-refractivity contribution < 1.29 is 9.53 Å². The van der Waals surface area contributed by atoms with Gasteiger partial charge in [-0.25, -0.2) is 9.78 Å². The number of hydrogen-bond acceptors (Lipinski definition) is 6. The van der Waals surface area contributed by atoms with E-state index in [1.54, 1.807) is 12.3 Å². The Morgan fingerprint density at radius 3 is 2.39 bits per heavy atom. The first-order valence-electron chi connectivity index (χ1n) is 13.4. The van der Waals surface area contributed by atoms with Crippen molar-refractivity contribution in [3.63, 3.8) is 0 Å². The molecule has 0 unspecified atom stereocenters. The third kappa shape index (κ3) is 6.42. The molecule has 2 N–H and O–H groups in total. The summed E-state index contributed by atoms with van der Waals surface area (Å²) in [7, 11) is 0. The normalized spacial score (nSPS) is 19.3. The number of urea groups is 1. The molecular formula is C30H34N6O2. The molecule has 2 aromatic carbocycles. The Morgan fingerprint density at radius 1 is 1.00 bits per heavy atom. The van der Waals surface area contributed by atoms with E-state index in [0.717, 1.165) is 74.7 Å². The maximum atomic E-state index is 13.6. The first-order valence-corrected chi connectivity index (χ1v) is 13.4. The summed E-state index contributed by atoms with van der Waals surface area (Å²) in [5, 5.41) is 15.6. The van der Waals surface area contributed by atoms with Crippen molar-refractivity contribution in [3.8, 4) is 6.07 Å². The minimum Gasteiger partial charge on any atom is -0.378 e. The fraction of sp³-hybridized carbons (Fsp3) is 0.367. The predicted molar refractivity (Wildman–Crippen MR) is 149 cm³/mol. The van der Waals surface area contributed by atoms with Crippen LogP contribution in [0.5, 0.6) is 0 Å². The quantitative estimate of drug-likeness (QED) is 0.468. The smallest absolute Gasteiger partial charge is 0.322 e. The zero-order chi connectivity index (χ0) is 26.2. The van der Waals surface area contributed by atoms with Crippen LogP contribution >= 0.6 is 0 Å². The highest BCUT2D eigenvalue weighted by Crippen LogP contribution is 2.30. The highest BCUT2D eigenvalue weighted by atomic mass is 16.5. The molecule has 1 aliphatic carbocycles. The van der Waals surface area contributed by atoms with E-state index in [4.69, 9.17) is 10.00 Å². The van der Waals surface area contributed by atoms with Crippen LogP contribution in [0.2, 0.25) is 0 Å². The molecule has 8 nitrogen and oxygen atoms in total. The van der Waals surface area contributed by atoms with Gasteiger partial charge in [0.05, 0.1) is 18.8 Å². The summed E-state index contributed by atoms with van der Waals surface area (Å²) < 4.78 is 5.49. The van der Waals surface area contributed by atoms with Gasteiger partial charge in [-0.2, -0.15) is 5.26 Å². The second kappa shape index (κ2) is 12.4. The number of rotatable bonds is 7. The van der Waals surface area contributed by atoms with Crippen LogP contribution in [0.25, 0.3) is 0 Å². The number of ether oxygens (including phenoxy) is 1. The maximum absolute atomic E-state index is 13.6. The summed E-state index contributed by atoms with van der Waals surface area (Å²) in [5.74, 6) is 0.781. The van der Waals surface area contributed by atoms with Crippen LogP contribution in [-0.4, -0.2) is 49.4 Å². The van der Waals surface area contributed by atoms with Gasteiger partial charge in [0, 0.05) is 49.3 Å². The van der Waals surface area contributed by atoms with Crippen molar-refractivity contribution in [2.45, 2.75) is 44.3 Å². The second-order valence-electron chi connectivity index (χ2n) is 9.82. The predicted octanol–water partition coefficient (Wildman–Crippen LogP) is 4.93. The molecule has 0 spiro atoms. The molecule has 0 bridgehead atoms. The number of hydrogen-bond donors (Lipinski definition) is 2. The SMILES string of the molecule is N#Cc1ccc(N[C@H]2CC[C@H](N(C(=O)NCc3ccccc3)c3ccc(N4CCOCC4)cc3)CC2)nc1. The van der Waals surface area contributed by atoms with Crippen molar-refractivity contribution in [2.24, 2.45) is 0 Å². The lowest BCUT2D eigenvalue weighted by molar-refractivity contribution is 0.122. The zero-order valence-corrected chi connectivity index (χ0v) is 21.6. The number of nitrogens with zero attached hydrogens (tertiary/aromatic N) is 4. The van der Waals surface area contributed by atoms with Crippen molar-refractivity contribution in [2.75, 3.05) is 41.4 Å². The second-order valence-corrected chi connectivity index (χ2v) is 9.82. The zero-order valence-electron chi connectivity index (χ0n) is 21.6. The number of carbonyl (C=O) groups excluding carboxylic acids is 1. The van der Waals surface area contributed by atoms with E-state index in [-0.39, 0.29) is 18.1 Å². The van der Waals surface area contributed by atoms with Crippen molar-refractivity contribution in [1.29, 1.82) is 5.26 Å². The van der Waals surface area contributed by atoms with E-state index in [1.165, 1.54) is 0 Å². The average molecular weight is 511 g/mol. The molecule has 1 saturated carbocycles. The topological polar surface area (TPSA) is 93.5 Å². The Hall–Kier alpha value is -4.09. The first-order chi connectivity index (χ1) is 18.7. The third-order valence-electron chi connectivity index (χ3n) is 7.32. The Morgan fingerprint density at radius 2 is 1.74 bits per heavy atom. The van der Waals surface area contributed by atoms with E-state index < -0.39 is 0 Å². The van der Waals surface area contributed by atoms with Gasteiger partial charge in [0.25, 0.3) is 0 Å². The number of morpholine rings is 1. The van der Waals surface area contributed by atoms with Gasteiger partial charge in [-0.1, -0.05) is 30.3 Å². The molecular weight excluding hydrogens is 476 g/mol. The summed E-state index contributed by atoms with van der Waals surface area (Å²) >= 11 is 0. The molecule has 1 aliphatic heterocycles.